The van der Waals surface area contributed by atoms with Gasteiger partial charge in [-0.05, 0) is 30.7 Å². The van der Waals surface area contributed by atoms with Crippen molar-refractivity contribution in [3.63, 3.8) is 0 Å². The summed E-state index contributed by atoms with van der Waals surface area (Å²) in [5.74, 6) is 1.12. The number of aromatic amines is 1. The minimum Gasteiger partial charge on any atom is -0.334 e. The smallest absolute Gasteiger partial charge is 0.254 e. The molecule has 1 aromatic heterocycles. The number of benzene rings is 1. The highest BCUT2D eigenvalue weighted by atomic mass is 16.2. The van der Waals surface area contributed by atoms with E-state index in [1.54, 1.807) is 30.1 Å². The number of hydrogen-bond acceptors (Lipinski definition) is 4. The van der Waals surface area contributed by atoms with Crippen molar-refractivity contribution >= 4 is 17.5 Å². The predicted molar refractivity (Wildman–Crippen MR) is 75.7 cm³/mol. The number of carbonyl (C=O) groups excluding carboxylic acids is 2. The van der Waals surface area contributed by atoms with Crippen molar-refractivity contribution in [2.75, 3.05) is 12.4 Å². The van der Waals surface area contributed by atoms with E-state index in [4.69, 9.17) is 0 Å². The first kappa shape index (κ1) is 13.3. The molecule has 1 aromatic carbocycles. The molecule has 0 saturated carbocycles. The van der Waals surface area contributed by atoms with Gasteiger partial charge in [-0.2, -0.15) is 5.10 Å². The zero-order valence-corrected chi connectivity index (χ0v) is 11.8. The average molecular weight is 285 g/mol. The second-order valence-corrected chi connectivity index (χ2v) is 5.10. The highest BCUT2D eigenvalue weighted by Crippen LogP contribution is 2.24. The summed E-state index contributed by atoms with van der Waals surface area (Å²) in [6.07, 6.45) is 0.320. The maximum Gasteiger partial charge on any atom is 0.254 e. The number of H-pyrrole nitrogens is 1. The van der Waals surface area contributed by atoms with Gasteiger partial charge in [0.2, 0.25) is 5.91 Å². The van der Waals surface area contributed by atoms with Crippen LogP contribution >= 0.6 is 0 Å². The maximum atomic E-state index is 12.4. The summed E-state index contributed by atoms with van der Waals surface area (Å²) in [5.41, 5.74) is 2.19. The van der Waals surface area contributed by atoms with Gasteiger partial charge < -0.3 is 10.2 Å². The van der Waals surface area contributed by atoms with Crippen molar-refractivity contribution in [2.45, 2.75) is 19.9 Å². The van der Waals surface area contributed by atoms with Crippen LogP contribution in [0.3, 0.4) is 0 Å². The zero-order valence-electron chi connectivity index (χ0n) is 11.8. The first-order valence-electron chi connectivity index (χ1n) is 6.59. The lowest BCUT2D eigenvalue weighted by Gasteiger charge is -2.15. The second-order valence-electron chi connectivity index (χ2n) is 5.10. The molecule has 0 spiro atoms. The lowest BCUT2D eigenvalue weighted by atomic mass is 10.1. The molecule has 21 heavy (non-hydrogen) atoms. The van der Waals surface area contributed by atoms with E-state index in [1.807, 2.05) is 6.92 Å². The van der Waals surface area contributed by atoms with E-state index in [0.29, 0.717) is 30.2 Å². The van der Waals surface area contributed by atoms with Crippen LogP contribution in [0, 0.1) is 6.92 Å². The number of carbonyl (C=O) groups is 2. The van der Waals surface area contributed by atoms with Crippen LogP contribution in [0.1, 0.15) is 27.6 Å². The largest absolute Gasteiger partial charge is 0.334 e. The molecule has 7 heteroatoms. The van der Waals surface area contributed by atoms with Crippen molar-refractivity contribution in [3.8, 4) is 0 Å². The summed E-state index contributed by atoms with van der Waals surface area (Å²) < 4.78 is 0. The van der Waals surface area contributed by atoms with Gasteiger partial charge in [0.1, 0.15) is 5.82 Å². The molecular weight excluding hydrogens is 270 g/mol. The standard InChI is InChI=1S/C14H15N5O2/c1-8-15-12(18-17-8)7-19(2)14(21)9-3-4-11-10(5-9)6-13(20)16-11/h3-5H,6-7H2,1-2H3,(H,16,20)(H,15,17,18). The highest BCUT2D eigenvalue weighted by molar-refractivity contribution is 6.01. The number of aromatic nitrogens is 3. The van der Waals surface area contributed by atoms with Crippen LogP contribution < -0.4 is 5.32 Å². The third-order valence-corrected chi connectivity index (χ3v) is 3.35. The van der Waals surface area contributed by atoms with Gasteiger partial charge in [0, 0.05) is 18.3 Å². The van der Waals surface area contributed by atoms with E-state index >= 15 is 0 Å². The van der Waals surface area contributed by atoms with Crippen LogP contribution in [0.2, 0.25) is 0 Å². The van der Waals surface area contributed by atoms with Crippen LogP contribution in [-0.4, -0.2) is 38.9 Å². The molecule has 1 aliphatic rings. The van der Waals surface area contributed by atoms with Gasteiger partial charge in [-0.25, -0.2) is 4.98 Å². The van der Waals surface area contributed by atoms with E-state index in [1.165, 1.54) is 0 Å². The minimum atomic E-state index is -0.125. The van der Waals surface area contributed by atoms with Crippen LogP contribution in [0.25, 0.3) is 0 Å². The molecule has 0 saturated heterocycles. The number of nitrogens with zero attached hydrogens (tertiary/aromatic N) is 3. The molecule has 2 amide bonds. The fourth-order valence-electron chi connectivity index (χ4n) is 2.33. The Morgan fingerprint density at radius 1 is 1.43 bits per heavy atom. The third-order valence-electron chi connectivity index (χ3n) is 3.35. The zero-order chi connectivity index (χ0) is 15.0. The molecule has 2 heterocycles. The van der Waals surface area contributed by atoms with E-state index in [9.17, 15) is 9.59 Å². The predicted octanol–water partition coefficient (Wildman–Crippen LogP) is 0.880. The lowest BCUT2D eigenvalue weighted by molar-refractivity contribution is -0.115. The molecule has 7 nitrogen and oxygen atoms in total. The molecule has 0 atom stereocenters. The molecule has 2 aromatic rings. The van der Waals surface area contributed by atoms with Crippen molar-refractivity contribution in [2.24, 2.45) is 0 Å². The normalized spacial score (nSPS) is 13.0. The first-order chi connectivity index (χ1) is 10.0. The third kappa shape index (κ3) is 2.62. The lowest BCUT2D eigenvalue weighted by Crippen LogP contribution is -2.26. The number of amides is 2. The fraction of sp³-hybridized carbons (Fsp3) is 0.286. The van der Waals surface area contributed by atoms with Crippen molar-refractivity contribution in [1.29, 1.82) is 0 Å². The van der Waals surface area contributed by atoms with E-state index in [0.717, 1.165) is 11.3 Å². The minimum absolute atomic E-state index is 0.0425. The number of hydrogen-bond donors (Lipinski definition) is 2. The summed E-state index contributed by atoms with van der Waals surface area (Å²) in [7, 11) is 1.70. The van der Waals surface area contributed by atoms with Gasteiger partial charge in [-0.15, -0.1) is 0 Å². The van der Waals surface area contributed by atoms with Crippen molar-refractivity contribution in [3.05, 3.63) is 41.0 Å². The van der Waals surface area contributed by atoms with Crippen molar-refractivity contribution < 1.29 is 9.59 Å². The molecule has 0 bridgehead atoms. The average Bonchev–Trinajstić information content (AvgIpc) is 3.01. The summed E-state index contributed by atoms with van der Waals surface area (Å²) in [5, 5.41) is 9.51. The maximum absolute atomic E-state index is 12.4. The SMILES string of the molecule is Cc1nc(CN(C)C(=O)c2ccc3c(c2)CC(=O)N3)n[nH]1. The monoisotopic (exact) mass is 285 g/mol. The van der Waals surface area contributed by atoms with Crippen LogP contribution in [0.15, 0.2) is 18.2 Å². The van der Waals surface area contributed by atoms with Gasteiger partial charge >= 0.3 is 0 Å². The van der Waals surface area contributed by atoms with Gasteiger partial charge in [-0.3, -0.25) is 14.7 Å². The van der Waals surface area contributed by atoms with Gasteiger partial charge in [0.25, 0.3) is 5.91 Å². The Morgan fingerprint density at radius 3 is 2.95 bits per heavy atom. The number of rotatable bonds is 3. The Kier molecular flexibility index (Phi) is 3.17. The second kappa shape index (κ2) is 5.01. The molecule has 0 fully saturated rings. The molecule has 2 N–H and O–H groups in total. The Bertz CT molecular complexity index is 722. The molecule has 1 aliphatic heterocycles. The molecule has 108 valence electrons. The molecular formula is C14H15N5O2. The summed E-state index contributed by atoms with van der Waals surface area (Å²) >= 11 is 0. The Hall–Kier alpha value is -2.70. The molecule has 0 unspecified atom stereocenters. The van der Waals surface area contributed by atoms with Crippen LogP contribution in [-0.2, 0) is 17.8 Å². The van der Waals surface area contributed by atoms with Crippen molar-refractivity contribution in [1.82, 2.24) is 20.1 Å². The Labute approximate surface area is 121 Å². The molecule has 0 radical (unpaired) electrons. The summed E-state index contributed by atoms with van der Waals surface area (Å²) in [4.78, 5) is 29.5. The topological polar surface area (TPSA) is 91.0 Å². The quantitative estimate of drug-likeness (QED) is 0.875. The van der Waals surface area contributed by atoms with Gasteiger partial charge in [0.05, 0.1) is 13.0 Å². The first-order valence-corrected chi connectivity index (χ1v) is 6.59. The Morgan fingerprint density at radius 2 is 2.24 bits per heavy atom. The summed E-state index contributed by atoms with van der Waals surface area (Å²) in [6.45, 7) is 2.14. The number of nitrogens with one attached hydrogen (secondary N) is 2. The molecule has 3 rings (SSSR count). The number of fused-ring (bicyclic) bond motifs is 1. The summed E-state index contributed by atoms with van der Waals surface area (Å²) in [6, 6.07) is 5.24. The Balaban J connectivity index is 1.76. The van der Waals surface area contributed by atoms with Gasteiger partial charge in [0.15, 0.2) is 5.82 Å². The van der Waals surface area contributed by atoms with Crippen LogP contribution in [0.5, 0.6) is 0 Å². The van der Waals surface area contributed by atoms with Gasteiger partial charge in [-0.1, -0.05) is 0 Å². The van der Waals surface area contributed by atoms with Crippen LogP contribution in [0.4, 0.5) is 5.69 Å². The number of anilines is 1. The molecule has 0 aliphatic carbocycles. The highest BCUT2D eigenvalue weighted by Gasteiger charge is 2.20. The van der Waals surface area contributed by atoms with E-state index < -0.39 is 0 Å². The van der Waals surface area contributed by atoms with E-state index in [-0.39, 0.29) is 11.8 Å². The van der Waals surface area contributed by atoms with E-state index in [2.05, 4.69) is 20.5 Å². The fourth-order valence-corrected chi connectivity index (χ4v) is 2.33. The number of aryl methyl sites for hydroxylation is 1.